The molecule has 2 rings (SSSR count). The number of hydrogen-bond donors (Lipinski definition) is 0. The maximum atomic E-state index is 5.89. The van der Waals surface area contributed by atoms with E-state index in [1.165, 1.54) is 0 Å². The first kappa shape index (κ1) is 9.87. The monoisotopic (exact) mass is 270 g/mol. The van der Waals surface area contributed by atoms with Crippen LogP contribution in [0.1, 0.15) is 12.6 Å². The molecule has 1 aromatic carbocycles. The van der Waals surface area contributed by atoms with Gasteiger partial charge in [0, 0.05) is 10.4 Å². The first-order valence-corrected chi connectivity index (χ1v) is 5.49. The highest BCUT2D eigenvalue weighted by atomic mass is 79.9. The lowest BCUT2D eigenvalue weighted by atomic mass is 10.1. The van der Waals surface area contributed by atoms with E-state index in [1.54, 1.807) is 0 Å². The normalized spacial score (nSPS) is 10.8. The van der Waals surface area contributed by atoms with Crippen LogP contribution in [-0.2, 0) is 6.42 Å². The molecule has 0 fully saturated rings. The molecule has 14 heavy (non-hydrogen) atoms. The van der Waals surface area contributed by atoms with Gasteiger partial charge in [0.15, 0.2) is 4.73 Å². The first-order chi connectivity index (χ1) is 6.70. The predicted octanol–water partition coefficient (Wildman–Crippen LogP) is 3.61. The molecule has 1 aromatic heterocycles. The summed E-state index contributed by atoms with van der Waals surface area (Å²) in [5.74, 6) is 0. The van der Waals surface area contributed by atoms with Gasteiger partial charge in [-0.1, -0.05) is 18.5 Å². The van der Waals surface area contributed by atoms with Crippen LogP contribution in [0.2, 0.25) is 5.02 Å². The maximum Gasteiger partial charge on any atom is 0.197 e. The molecule has 0 aliphatic carbocycles. The van der Waals surface area contributed by atoms with Crippen LogP contribution in [0, 0.1) is 0 Å². The van der Waals surface area contributed by atoms with Gasteiger partial charge in [-0.3, -0.25) is 0 Å². The fraction of sp³-hybridized carbons (Fsp3) is 0.200. The van der Waals surface area contributed by atoms with Crippen molar-refractivity contribution in [2.45, 2.75) is 13.3 Å². The average molecular weight is 272 g/mol. The van der Waals surface area contributed by atoms with Gasteiger partial charge in [0.1, 0.15) is 0 Å². The SMILES string of the molecule is CCc1nc(Br)nc2cc(Cl)ccc12. The number of aryl methyl sites for hydroxylation is 1. The van der Waals surface area contributed by atoms with Crippen molar-refractivity contribution in [3.05, 3.63) is 33.6 Å². The van der Waals surface area contributed by atoms with Gasteiger partial charge in [-0.15, -0.1) is 0 Å². The lowest BCUT2D eigenvalue weighted by Gasteiger charge is -2.03. The van der Waals surface area contributed by atoms with Crippen LogP contribution in [0.5, 0.6) is 0 Å². The summed E-state index contributed by atoms with van der Waals surface area (Å²) in [6.45, 7) is 2.07. The third kappa shape index (κ3) is 1.74. The molecule has 0 radical (unpaired) electrons. The highest BCUT2D eigenvalue weighted by Gasteiger charge is 2.04. The minimum Gasteiger partial charge on any atom is -0.227 e. The number of aromatic nitrogens is 2. The zero-order valence-corrected chi connectivity index (χ0v) is 9.93. The Hall–Kier alpha value is -0.670. The van der Waals surface area contributed by atoms with Crippen LogP contribution in [0.25, 0.3) is 10.9 Å². The van der Waals surface area contributed by atoms with Crippen molar-refractivity contribution in [1.82, 2.24) is 9.97 Å². The van der Waals surface area contributed by atoms with E-state index in [9.17, 15) is 0 Å². The summed E-state index contributed by atoms with van der Waals surface area (Å²) in [5, 5.41) is 1.77. The van der Waals surface area contributed by atoms with Gasteiger partial charge in [-0.2, -0.15) is 0 Å². The largest absolute Gasteiger partial charge is 0.227 e. The number of rotatable bonds is 1. The fourth-order valence-electron chi connectivity index (χ4n) is 1.41. The van der Waals surface area contributed by atoms with Crippen molar-refractivity contribution in [3.8, 4) is 0 Å². The van der Waals surface area contributed by atoms with Gasteiger partial charge in [0.05, 0.1) is 11.2 Å². The number of halogens is 2. The van der Waals surface area contributed by atoms with E-state index in [0.717, 1.165) is 23.0 Å². The topological polar surface area (TPSA) is 25.8 Å². The number of hydrogen-bond acceptors (Lipinski definition) is 2. The Morgan fingerprint density at radius 1 is 1.36 bits per heavy atom. The molecule has 0 unspecified atom stereocenters. The van der Waals surface area contributed by atoms with Gasteiger partial charge in [0.2, 0.25) is 0 Å². The zero-order valence-electron chi connectivity index (χ0n) is 7.59. The van der Waals surface area contributed by atoms with Gasteiger partial charge < -0.3 is 0 Å². The molecule has 0 saturated carbocycles. The lowest BCUT2D eigenvalue weighted by molar-refractivity contribution is 1.01. The second-order valence-electron chi connectivity index (χ2n) is 2.95. The highest BCUT2D eigenvalue weighted by molar-refractivity contribution is 9.10. The molecule has 1 heterocycles. The van der Waals surface area contributed by atoms with Crippen molar-refractivity contribution in [2.24, 2.45) is 0 Å². The molecule has 2 nitrogen and oxygen atoms in total. The predicted molar refractivity (Wildman–Crippen MR) is 61.6 cm³/mol. The van der Waals surface area contributed by atoms with Crippen molar-refractivity contribution in [1.29, 1.82) is 0 Å². The van der Waals surface area contributed by atoms with Gasteiger partial charge in [-0.05, 0) is 40.5 Å². The van der Waals surface area contributed by atoms with Gasteiger partial charge in [0.25, 0.3) is 0 Å². The molecule has 72 valence electrons. The van der Waals surface area contributed by atoms with Crippen molar-refractivity contribution in [3.63, 3.8) is 0 Å². The highest BCUT2D eigenvalue weighted by Crippen LogP contribution is 2.21. The van der Waals surface area contributed by atoms with Crippen LogP contribution >= 0.6 is 27.5 Å². The van der Waals surface area contributed by atoms with E-state index in [2.05, 4.69) is 32.8 Å². The summed E-state index contributed by atoms with van der Waals surface area (Å²) >= 11 is 9.17. The Bertz CT molecular complexity index is 480. The standard InChI is InChI=1S/C10H8BrClN2/c1-2-8-7-4-3-6(12)5-9(7)14-10(11)13-8/h3-5H,2H2,1H3. The average Bonchev–Trinajstić information content (AvgIpc) is 2.15. The summed E-state index contributed by atoms with van der Waals surface area (Å²) in [7, 11) is 0. The van der Waals surface area contributed by atoms with Crippen LogP contribution < -0.4 is 0 Å². The van der Waals surface area contributed by atoms with E-state index >= 15 is 0 Å². The van der Waals surface area contributed by atoms with E-state index in [1.807, 2.05) is 18.2 Å². The first-order valence-electron chi connectivity index (χ1n) is 4.32. The maximum absolute atomic E-state index is 5.89. The van der Waals surface area contributed by atoms with Crippen molar-refractivity contribution < 1.29 is 0 Å². The minimum atomic E-state index is 0.615. The fourth-order valence-corrected chi connectivity index (χ4v) is 1.98. The Kier molecular flexibility index (Phi) is 2.70. The molecule has 0 atom stereocenters. The molecule has 0 N–H and O–H groups in total. The Balaban J connectivity index is 2.81. The molecular weight excluding hydrogens is 263 g/mol. The second kappa shape index (κ2) is 3.83. The molecule has 2 aromatic rings. The van der Waals surface area contributed by atoms with Crippen molar-refractivity contribution >= 4 is 38.4 Å². The third-order valence-electron chi connectivity index (χ3n) is 2.05. The quantitative estimate of drug-likeness (QED) is 0.741. The summed E-state index contributed by atoms with van der Waals surface area (Å²) < 4.78 is 0.615. The molecule has 0 bridgehead atoms. The van der Waals surface area contributed by atoms with Crippen molar-refractivity contribution in [2.75, 3.05) is 0 Å². The molecule has 0 saturated heterocycles. The molecule has 0 aliphatic rings. The molecule has 0 amide bonds. The number of nitrogens with zero attached hydrogens (tertiary/aromatic N) is 2. The molecule has 0 aliphatic heterocycles. The Morgan fingerprint density at radius 2 is 2.14 bits per heavy atom. The van der Waals surface area contributed by atoms with Crippen LogP contribution in [0.4, 0.5) is 0 Å². The summed E-state index contributed by atoms with van der Waals surface area (Å²) in [6, 6.07) is 5.67. The lowest BCUT2D eigenvalue weighted by Crippen LogP contribution is -1.93. The summed E-state index contributed by atoms with van der Waals surface area (Å²) in [5.41, 5.74) is 1.93. The Labute approximate surface area is 95.5 Å². The van der Waals surface area contributed by atoms with E-state index < -0.39 is 0 Å². The number of benzene rings is 1. The summed E-state index contributed by atoms with van der Waals surface area (Å²) in [6.07, 6.45) is 0.888. The van der Waals surface area contributed by atoms with E-state index in [4.69, 9.17) is 11.6 Å². The van der Waals surface area contributed by atoms with Crippen LogP contribution in [0.15, 0.2) is 22.9 Å². The molecule has 4 heteroatoms. The smallest absolute Gasteiger partial charge is 0.197 e. The van der Waals surface area contributed by atoms with E-state index in [-0.39, 0.29) is 0 Å². The van der Waals surface area contributed by atoms with E-state index in [0.29, 0.717) is 9.76 Å². The molecule has 0 spiro atoms. The zero-order chi connectivity index (χ0) is 10.1. The second-order valence-corrected chi connectivity index (χ2v) is 4.10. The van der Waals surface area contributed by atoms with Crippen LogP contribution in [0.3, 0.4) is 0 Å². The van der Waals surface area contributed by atoms with Gasteiger partial charge in [-0.25, -0.2) is 9.97 Å². The molecular formula is C10H8BrClN2. The number of fused-ring (bicyclic) bond motifs is 1. The van der Waals surface area contributed by atoms with Crippen LogP contribution in [-0.4, -0.2) is 9.97 Å². The Morgan fingerprint density at radius 3 is 2.86 bits per heavy atom. The summed E-state index contributed by atoms with van der Waals surface area (Å²) in [4.78, 5) is 8.58. The minimum absolute atomic E-state index is 0.615. The third-order valence-corrected chi connectivity index (χ3v) is 2.64. The van der Waals surface area contributed by atoms with Gasteiger partial charge >= 0.3 is 0 Å².